The molecule has 31 heavy (non-hydrogen) atoms. The van der Waals surface area contributed by atoms with Gasteiger partial charge in [0, 0.05) is 0 Å². The Hall–Kier alpha value is -0.200. The van der Waals surface area contributed by atoms with Crippen LogP contribution in [0.3, 0.4) is 0 Å². The lowest BCUT2D eigenvalue weighted by Crippen LogP contribution is -2.29. The first-order chi connectivity index (χ1) is 14.5. The smallest absolute Gasteiger partial charge is 0.0701 e. The van der Waals surface area contributed by atoms with E-state index < -0.39 is 0 Å². The molecule has 190 valence electrons. The summed E-state index contributed by atoms with van der Waals surface area (Å²) in [6.07, 6.45) is 10.8. The second-order valence-corrected chi connectivity index (χ2v) is 10.9. The van der Waals surface area contributed by atoms with Gasteiger partial charge in [0.2, 0.25) is 0 Å². The Labute approximate surface area is 194 Å². The van der Waals surface area contributed by atoms with E-state index in [4.69, 9.17) is 24.4 Å². The highest BCUT2D eigenvalue weighted by atomic mass is 16.5. The van der Waals surface area contributed by atoms with Gasteiger partial charge < -0.3 is 24.4 Å². The van der Waals surface area contributed by atoms with E-state index in [1.54, 1.807) is 0 Å². The van der Waals surface area contributed by atoms with Crippen LogP contribution in [0.2, 0.25) is 0 Å². The van der Waals surface area contributed by atoms with Gasteiger partial charge in [-0.25, -0.2) is 0 Å². The number of unbranched alkanes of at least 4 members (excludes halogenated alkanes) is 2. The fraction of sp³-hybridized carbons (Fsp3) is 1.00. The molecule has 0 aliphatic carbocycles. The summed E-state index contributed by atoms with van der Waals surface area (Å²) in [5, 5.41) is 16.5. The molecule has 0 aliphatic heterocycles. The first-order valence-corrected chi connectivity index (χ1v) is 12.5. The van der Waals surface area contributed by atoms with Crippen molar-refractivity contribution in [2.24, 2.45) is 10.8 Å². The van der Waals surface area contributed by atoms with Crippen molar-refractivity contribution in [3.63, 3.8) is 0 Å². The monoisotopic (exact) mass is 448 g/mol. The van der Waals surface area contributed by atoms with Crippen LogP contribution in [0.25, 0.3) is 0 Å². The highest BCUT2D eigenvalue weighted by Gasteiger charge is 2.25. The zero-order valence-electron chi connectivity index (χ0n) is 22.2. The molecule has 0 saturated heterocycles. The highest BCUT2D eigenvalue weighted by Crippen LogP contribution is 2.30. The van der Waals surface area contributed by atoms with E-state index in [1.807, 2.05) is 0 Å². The minimum atomic E-state index is 0.0417. The van der Waals surface area contributed by atoms with Crippen molar-refractivity contribution in [1.29, 1.82) is 0 Å². The Balaban J connectivity index is 0. The van der Waals surface area contributed by atoms with Crippen molar-refractivity contribution < 1.29 is 24.4 Å². The molecule has 2 unspecified atom stereocenters. The summed E-state index contributed by atoms with van der Waals surface area (Å²) in [6.45, 7) is 20.3. The topological polar surface area (TPSA) is 68.2 Å². The summed E-state index contributed by atoms with van der Waals surface area (Å²) < 4.78 is 16.4. The summed E-state index contributed by atoms with van der Waals surface area (Å²) in [6, 6.07) is 0. The van der Waals surface area contributed by atoms with E-state index in [9.17, 15) is 0 Å². The third-order valence-corrected chi connectivity index (χ3v) is 4.67. The Morgan fingerprint density at radius 3 is 1.23 bits per heavy atom. The van der Waals surface area contributed by atoms with Crippen molar-refractivity contribution in [2.75, 3.05) is 39.6 Å². The molecule has 0 heterocycles. The molecule has 2 N–H and O–H groups in total. The Morgan fingerprint density at radius 1 is 0.613 bits per heavy atom. The lowest BCUT2D eigenvalue weighted by molar-refractivity contribution is -0.0552. The Kier molecular flexibility index (Phi) is 21.7. The lowest BCUT2D eigenvalue weighted by Gasteiger charge is -2.33. The van der Waals surface area contributed by atoms with Gasteiger partial charge in [0.1, 0.15) is 0 Å². The van der Waals surface area contributed by atoms with Crippen LogP contribution < -0.4 is 0 Å². The van der Waals surface area contributed by atoms with Crippen LogP contribution in [0, 0.1) is 10.8 Å². The Bertz CT molecular complexity index is 326. The van der Waals surface area contributed by atoms with Crippen LogP contribution in [0.5, 0.6) is 0 Å². The molecule has 0 aromatic heterocycles. The zero-order chi connectivity index (χ0) is 24.2. The molecule has 2 atom stereocenters. The van der Waals surface area contributed by atoms with Crippen molar-refractivity contribution >= 4 is 0 Å². The summed E-state index contributed by atoms with van der Waals surface area (Å²) in [7, 11) is 0. The van der Waals surface area contributed by atoms with Crippen LogP contribution in [0.4, 0.5) is 0 Å². The fourth-order valence-electron chi connectivity index (χ4n) is 3.39. The molecule has 0 radical (unpaired) electrons. The van der Waals surface area contributed by atoms with Crippen molar-refractivity contribution in [3.8, 4) is 0 Å². The average molecular weight is 449 g/mol. The lowest BCUT2D eigenvalue weighted by atomic mass is 9.86. The maximum atomic E-state index is 8.26. The molecule has 0 aromatic rings. The number of aliphatic hydroxyl groups excluding tert-OH is 2. The van der Waals surface area contributed by atoms with E-state index in [0.717, 1.165) is 0 Å². The standard InChI is InChI=1S/C20H42O.C6H14O4/c1-9-11-13-17(15-19(3,4)5)21-18(14-12-10-2)16-20(6,7)8;7-1-3-9-5-6-10-4-2-8/h17-18H,9-16H2,1-8H3;7-8H,1-6H2. The van der Waals surface area contributed by atoms with E-state index in [0.29, 0.717) is 49.5 Å². The van der Waals surface area contributed by atoms with Crippen molar-refractivity contribution in [2.45, 2.75) is 119 Å². The predicted octanol–water partition coefficient (Wildman–Crippen LogP) is 6.00. The second-order valence-electron chi connectivity index (χ2n) is 10.9. The largest absolute Gasteiger partial charge is 0.394 e. The molecule has 0 aromatic carbocycles. The zero-order valence-corrected chi connectivity index (χ0v) is 22.2. The van der Waals surface area contributed by atoms with Gasteiger partial charge in [0.15, 0.2) is 0 Å². The number of hydrogen-bond donors (Lipinski definition) is 2. The normalized spacial score (nSPS) is 14.1. The highest BCUT2D eigenvalue weighted by molar-refractivity contribution is 4.75. The van der Waals surface area contributed by atoms with Gasteiger partial charge in [0.05, 0.1) is 51.8 Å². The molecule has 5 heteroatoms. The van der Waals surface area contributed by atoms with Gasteiger partial charge in [-0.1, -0.05) is 81.1 Å². The van der Waals surface area contributed by atoms with Gasteiger partial charge in [-0.3, -0.25) is 0 Å². The molecule has 0 aliphatic rings. The van der Waals surface area contributed by atoms with E-state index in [-0.39, 0.29) is 13.2 Å². The molecule has 0 rings (SSSR count). The van der Waals surface area contributed by atoms with Gasteiger partial charge >= 0.3 is 0 Å². The van der Waals surface area contributed by atoms with Gasteiger partial charge in [0.25, 0.3) is 0 Å². The molecule has 0 saturated carbocycles. The summed E-state index contributed by atoms with van der Waals surface area (Å²) in [5.74, 6) is 0. The van der Waals surface area contributed by atoms with Crippen LogP contribution >= 0.6 is 0 Å². The molecular formula is C26H56O5. The third-order valence-electron chi connectivity index (χ3n) is 4.67. The van der Waals surface area contributed by atoms with E-state index >= 15 is 0 Å². The van der Waals surface area contributed by atoms with Gasteiger partial charge in [-0.05, 0) is 36.5 Å². The molecule has 0 bridgehead atoms. The average Bonchev–Trinajstić information content (AvgIpc) is 2.65. The van der Waals surface area contributed by atoms with Crippen molar-refractivity contribution in [3.05, 3.63) is 0 Å². The minimum Gasteiger partial charge on any atom is -0.394 e. The van der Waals surface area contributed by atoms with E-state index in [1.165, 1.54) is 51.4 Å². The van der Waals surface area contributed by atoms with Crippen LogP contribution in [-0.2, 0) is 14.2 Å². The van der Waals surface area contributed by atoms with Crippen LogP contribution in [-0.4, -0.2) is 62.1 Å². The fourth-order valence-corrected chi connectivity index (χ4v) is 3.39. The van der Waals surface area contributed by atoms with Gasteiger partial charge in [-0.2, -0.15) is 0 Å². The Morgan fingerprint density at radius 2 is 0.968 bits per heavy atom. The van der Waals surface area contributed by atoms with Crippen LogP contribution in [0.1, 0.15) is 107 Å². The second kappa shape index (κ2) is 20.4. The number of aliphatic hydroxyl groups is 2. The molecule has 0 fully saturated rings. The van der Waals surface area contributed by atoms with E-state index in [2.05, 4.69) is 55.4 Å². The molecular weight excluding hydrogens is 392 g/mol. The van der Waals surface area contributed by atoms with Crippen molar-refractivity contribution in [1.82, 2.24) is 0 Å². The third kappa shape index (κ3) is 27.8. The summed E-state index contributed by atoms with van der Waals surface area (Å²) >= 11 is 0. The predicted molar refractivity (Wildman–Crippen MR) is 132 cm³/mol. The molecule has 0 spiro atoms. The van der Waals surface area contributed by atoms with Crippen LogP contribution in [0.15, 0.2) is 0 Å². The number of hydrogen-bond acceptors (Lipinski definition) is 5. The number of ether oxygens (including phenoxy) is 3. The number of rotatable bonds is 17. The summed E-state index contributed by atoms with van der Waals surface area (Å²) in [4.78, 5) is 0. The first kappa shape index (κ1) is 33.0. The summed E-state index contributed by atoms with van der Waals surface area (Å²) in [5.41, 5.74) is 0.713. The first-order valence-electron chi connectivity index (χ1n) is 12.5. The SMILES string of the molecule is CCCCC(CC(C)(C)C)OC(CCCC)CC(C)(C)C.OCCOCCOCCO. The quantitative estimate of drug-likeness (QED) is 0.267. The maximum absolute atomic E-state index is 8.26. The minimum absolute atomic E-state index is 0.0417. The van der Waals surface area contributed by atoms with Gasteiger partial charge in [-0.15, -0.1) is 0 Å². The molecule has 0 amide bonds. The maximum Gasteiger partial charge on any atom is 0.0701 e. The molecule has 5 nitrogen and oxygen atoms in total.